The number of nitrogens with one attached hydrogen (secondary N) is 3. The Labute approximate surface area is 153 Å². The molecule has 1 heterocycles. The molecule has 0 radical (unpaired) electrons. The molecule has 0 atom stereocenters. The van der Waals surface area contributed by atoms with Crippen molar-refractivity contribution < 1.29 is 0 Å². The van der Waals surface area contributed by atoms with Crippen molar-refractivity contribution in [1.29, 1.82) is 0 Å². The van der Waals surface area contributed by atoms with Crippen molar-refractivity contribution in [2.45, 2.75) is 32.2 Å². The molecule has 1 aliphatic rings. The van der Waals surface area contributed by atoms with Crippen molar-refractivity contribution in [2.24, 2.45) is 4.99 Å². The fraction of sp³-hybridized carbons (Fsp3) is 0.438. The van der Waals surface area contributed by atoms with E-state index in [0.29, 0.717) is 6.04 Å². The lowest BCUT2D eigenvalue weighted by Gasteiger charge is -2.09. The highest BCUT2D eigenvalue weighted by Gasteiger charge is 2.21. The number of aromatic nitrogens is 1. The molecular weight excluding hydrogens is 411 g/mol. The minimum Gasteiger partial charge on any atom is -0.361 e. The van der Waals surface area contributed by atoms with Crippen LogP contribution in [0.2, 0.25) is 5.02 Å². The molecule has 1 aromatic heterocycles. The molecular formula is C16H22ClIN4. The molecule has 1 fully saturated rings. The molecule has 0 saturated heterocycles. The van der Waals surface area contributed by atoms with Gasteiger partial charge in [0.15, 0.2) is 5.96 Å². The number of nitrogens with zero attached hydrogens (tertiary/aromatic N) is 1. The number of rotatable bonds is 5. The van der Waals surface area contributed by atoms with Gasteiger partial charge in [-0.05, 0) is 49.9 Å². The fourth-order valence-electron chi connectivity index (χ4n) is 2.39. The summed E-state index contributed by atoms with van der Waals surface area (Å²) in [5.41, 5.74) is 2.39. The van der Waals surface area contributed by atoms with Crippen LogP contribution in [-0.4, -0.2) is 30.1 Å². The van der Waals surface area contributed by atoms with Crippen molar-refractivity contribution in [3.8, 4) is 0 Å². The summed E-state index contributed by atoms with van der Waals surface area (Å²) in [4.78, 5) is 7.93. The number of guanidine groups is 1. The Morgan fingerprint density at radius 2 is 2.23 bits per heavy atom. The summed E-state index contributed by atoms with van der Waals surface area (Å²) in [6, 6.07) is 6.56. The first-order valence-electron chi connectivity index (χ1n) is 7.56. The Kier molecular flexibility index (Phi) is 6.37. The number of hydrogen-bond acceptors (Lipinski definition) is 1. The molecule has 22 heavy (non-hydrogen) atoms. The van der Waals surface area contributed by atoms with Crippen LogP contribution < -0.4 is 10.6 Å². The number of aliphatic imine (C=N–C) groups is 1. The van der Waals surface area contributed by atoms with Gasteiger partial charge in [-0.1, -0.05) is 11.6 Å². The first kappa shape index (κ1) is 17.4. The average molecular weight is 433 g/mol. The second-order valence-corrected chi connectivity index (χ2v) is 5.87. The van der Waals surface area contributed by atoms with Crippen LogP contribution in [0.4, 0.5) is 0 Å². The van der Waals surface area contributed by atoms with E-state index < -0.39 is 0 Å². The number of halogens is 2. The number of aromatic amines is 1. The third-order valence-corrected chi connectivity index (χ3v) is 3.88. The van der Waals surface area contributed by atoms with E-state index in [1.807, 2.05) is 18.2 Å². The summed E-state index contributed by atoms with van der Waals surface area (Å²) in [6.07, 6.45) is 5.47. The maximum absolute atomic E-state index is 6.08. The molecule has 3 N–H and O–H groups in total. The lowest BCUT2D eigenvalue weighted by molar-refractivity contribution is 0.809. The fourth-order valence-corrected chi connectivity index (χ4v) is 2.56. The predicted molar refractivity (Wildman–Crippen MR) is 105 cm³/mol. The van der Waals surface area contributed by atoms with Crippen LogP contribution in [0.25, 0.3) is 10.9 Å². The monoisotopic (exact) mass is 432 g/mol. The lowest BCUT2D eigenvalue weighted by atomic mass is 10.1. The van der Waals surface area contributed by atoms with Gasteiger partial charge in [0.05, 0.1) is 0 Å². The zero-order valence-electron chi connectivity index (χ0n) is 12.7. The second kappa shape index (κ2) is 8.06. The third-order valence-electron chi connectivity index (χ3n) is 3.64. The largest absolute Gasteiger partial charge is 0.361 e. The summed E-state index contributed by atoms with van der Waals surface area (Å²) >= 11 is 6.08. The van der Waals surface area contributed by atoms with Crippen molar-refractivity contribution in [2.75, 3.05) is 13.1 Å². The van der Waals surface area contributed by atoms with E-state index in [4.69, 9.17) is 11.6 Å². The molecule has 1 saturated carbocycles. The van der Waals surface area contributed by atoms with Gasteiger partial charge < -0.3 is 15.6 Å². The predicted octanol–water partition coefficient (Wildman–Crippen LogP) is 3.70. The Bertz CT molecular complexity index is 649. The van der Waals surface area contributed by atoms with E-state index in [0.717, 1.165) is 36.0 Å². The first-order chi connectivity index (χ1) is 10.3. The van der Waals surface area contributed by atoms with Gasteiger partial charge in [-0.2, -0.15) is 0 Å². The zero-order valence-corrected chi connectivity index (χ0v) is 15.7. The Hall–Kier alpha value is -0.950. The average Bonchev–Trinajstić information content (AvgIpc) is 3.20. The van der Waals surface area contributed by atoms with Crippen LogP contribution in [0.1, 0.15) is 25.3 Å². The topological polar surface area (TPSA) is 52.2 Å². The Balaban J connectivity index is 0.00000176. The molecule has 0 aliphatic heterocycles. The van der Waals surface area contributed by atoms with Crippen LogP contribution in [0.15, 0.2) is 29.4 Å². The maximum atomic E-state index is 6.08. The van der Waals surface area contributed by atoms with Crippen LogP contribution in [0.3, 0.4) is 0 Å². The van der Waals surface area contributed by atoms with Crippen LogP contribution in [-0.2, 0) is 6.42 Å². The van der Waals surface area contributed by atoms with E-state index in [9.17, 15) is 0 Å². The van der Waals surface area contributed by atoms with Gasteiger partial charge in [0.2, 0.25) is 0 Å². The van der Waals surface area contributed by atoms with E-state index in [1.54, 1.807) is 0 Å². The van der Waals surface area contributed by atoms with E-state index in [-0.39, 0.29) is 24.0 Å². The maximum Gasteiger partial charge on any atom is 0.191 e. The number of H-pyrrole nitrogens is 1. The Morgan fingerprint density at radius 3 is 2.95 bits per heavy atom. The highest BCUT2D eigenvalue weighted by molar-refractivity contribution is 14.0. The van der Waals surface area contributed by atoms with Gasteiger partial charge in [-0.25, -0.2) is 0 Å². The highest BCUT2D eigenvalue weighted by Crippen LogP contribution is 2.22. The normalized spacial score (nSPS) is 14.7. The van der Waals surface area contributed by atoms with E-state index >= 15 is 0 Å². The summed E-state index contributed by atoms with van der Waals surface area (Å²) in [7, 11) is 0. The summed E-state index contributed by atoms with van der Waals surface area (Å²) < 4.78 is 0. The molecule has 6 heteroatoms. The summed E-state index contributed by atoms with van der Waals surface area (Å²) in [5.74, 6) is 0.929. The Morgan fingerprint density at radius 1 is 1.41 bits per heavy atom. The molecule has 1 aromatic carbocycles. The van der Waals surface area contributed by atoms with Gasteiger partial charge in [0, 0.05) is 41.3 Å². The quantitative estimate of drug-likeness (QED) is 0.383. The summed E-state index contributed by atoms with van der Waals surface area (Å²) in [5, 5.41) is 8.68. The second-order valence-electron chi connectivity index (χ2n) is 5.43. The van der Waals surface area contributed by atoms with Crippen molar-refractivity contribution >= 4 is 52.4 Å². The van der Waals surface area contributed by atoms with Gasteiger partial charge >= 0.3 is 0 Å². The number of hydrogen-bond donors (Lipinski definition) is 3. The molecule has 0 bridgehead atoms. The van der Waals surface area contributed by atoms with Gasteiger partial charge in [0.1, 0.15) is 0 Å². The molecule has 0 unspecified atom stereocenters. The number of fused-ring (bicyclic) bond motifs is 1. The molecule has 4 nitrogen and oxygen atoms in total. The van der Waals surface area contributed by atoms with Gasteiger partial charge in [0.25, 0.3) is 0 Å². The lowest BCUT2D eigenvalue weighted by Crippen LogP contribution is -2.38. The molecule has 1 aliphatic carbocycles. The third kappa shape index (κ3) is 4.52. The summed E-state index contributed by atoms with van der Waals surface area (Å²) in [6.45, 7) is 3.74. The van der Waals surface area contributed by atoms with Gasteiger partial charge in [-0.15, -0.1) is 24.0 Å². The smallest absolute Gasteiger partial charge is 0.191 e. The van der Waals surface area contributed by atoms with Crippen LogP contribution in [0, 0.1) is 0 Å². The molecule has 120 valence electrons. The minimum atomic E-state index is 0. The minimum absolute atomic E-state index is 0. The van der Waals surface area contributed by atoms with Crippen LogP contribution >= 0.6 is 35.6 Å². The van der Waals surface area contributed by atoms with E-state index in [1.165, 1.54) is 23.8 Å². The number of benzene rings is 1. The molecule has 0 spiro atoms. The zero-order chi connectivity index (χ0) is 14.7. The van der Waals surface area contributed by atoms with E-state index in [2.05, 4.69) is 33.7 Å². The van der Waals surface area contributed by atoms with Gasteiger partial charge in [-0.3, -0.25) is 4.99 Å². The molecule has 2 aromatic rings. The van der Waals surface area contributed by atoms with Crippen LogP contribution in [0.5, 0.6) is 0 Å². The van der Waals surface area contributed by atoms with Crippen molar-refractivity contribution in [3.63, 3.8) is 0 Å². The van der Waals surface area contributed by atoms with Crippen molar-refractivity contribution in [3.05, 3.63) is 35.0 Å². The SMILES string of the molecule is CCNC(=NCCc1c[nH]c2ccc(Cl)cc12)NC1CC1.I. The molecule has 3 rings (SSSR count). The first-order valence-corrected chi connectivity index (χ1v) is 7.94. The highest BCUT2D eigenvalue weighted by atomic mass is 127. The molecule has 0 amide bonds. The standard InChI is InChI=1S/C16H21ClN4.HI/c1-2-18-16(21-13-4-5-13)19-8-7-11-10-20-15-6-3-12(17)9-14(11)15;/h3,6,9-10,13,20H,2,4-5,7-8H2,1H3,(H2,18,19,21);1H. The van der Waals surface area contributed by atoms with Crippen molar-refractivity contribution in [1.82, 2.24) is 15.6 Å².